The average molecular weight is 383 g/mol. The first-order valence-electron chi connectivity index (χ1n) is 7.40. The molecule has 0 saturated heterocycles. The van der Waals surface area contributed by atoms with Crippen LogP contribution in [0.3, 0.4) is 0 Å². The van der Waals surface area contributed by atoms with Crippen LogP contribution in [-0.4, -0.2) is 40.4 Å². The number of hydrogen-bond donors (Lipinski definition) is 1. The molecule has 2 aromatic carbocycles. The number of ether oxygens (including phenoxy) is 1. The summed E-state index contributed by atoms with van der Waals surface area (Å²) >= 11 is 6.09. The van der Waals surface area contributed by atoms with Gasteiger partial charge in [0.25, 0.3) is 5.91 Å². The number of benzene rings is 2. The van der Waals surface area contributed by atoms with Crippen molar-refractivity contribution in [3.63, 3.8) is 0 Å². The summed E-state index contributed by atoms with van der Waals surface area (Å²) in [5.41, 5.74) is 1.04. The minimum atomic E-state index is -3.66. The third kappa shape index (κ3) is 4.50. The average Bonchev–Trinajstić information content (AvgIpc) is 2.62. The molecule has 6 nitrogen and oxygen atoms in total. The molecule has 2 rings (SSSR count). The number of sulfonamides is 1. The number of rotatable bonds is 6. The van der Waals surface area contributed by atoms with E-state index in [-0.39, 0.29) is 21.4 Å². The van der Waals surface area contributed by atoms with Crippen LogP contribution in [0.1, 0.15) is 15.9 Å². The van der Waals surface area contributed by atoms with E-state index in [1.54, 1.807) is 26.3 Å². The van der Waals surface area contributed by atoms with Crippen molar-refractivity contribution in [1.82, 2.24) is 9.62 Å². The minimum Gasteiger partial charge on any atom is -0.497 e. The van der Waals surface area contributed by atoms with E-state index in [9.17, 15) is 13.2 Å². The highest BCUT2D eigenvalue weighted by molar-refractivity contribution is 7.89. The van der Waals surface area contributed by atoms with Crippen molar-refractivity contribution in [2.24, 2.45) is 0 Å². The maximum atomic E-state index is 12.7. The molecule has 0 spiro atoms. The lowest BCUT2D eigenvalue weighted by Crippen LogP contribution is -2.27. The van der Waals surface area contributed by atoms with Crippen molar-refractivity contribution in [2.45, 2.75) is 11.4 Å². The van der Waals surface area contributed by atoms with Gasteiger partial charge in [-0.05, 0) is 42.9 Å². The number of amides is 1. The Morgan fingerprint density at radius 2 is 1.84 bits per heavy atom. The molecule has 0 aromatic heterocycles. The monoisotopic (exact) mass is 382 g/mol. The van der Waals surface area contributed by atoms with E-state index in [0.29, 0.717) is 6.54 Å². The van der Waals surface area contributed by atoms with Gasteiger partial charge in [-0.2, -0.15) is 0 Å². The molecule has 2 aromatic rings. The first-order valence-corrected chi connectivity index (χ1v) is 9.26. The van der Waals surface area contributed by atoms with Gasteiger partial charge in [0.15, 0.2) is 0 Å². The maximum Gasteiger partial charge on any atom is 0.255 e. The Balaban J connectivity index is 2.25. The second kappa shape index (κ2) is 7.86. The zero-order valence-electron chi connectivity index (χ0n) is 14.1. The third-order valence-corrected chi connectivity index (χ3v) is 5.41. The lowest BCUT2D eigenvalue weighted by atomic mass is 10.1. The molecule has 8 heteroatoms. The molecule has 0 heterocycles. The van der Waals surface area contributed by atoms with Gasteiger partial charge >= 0.3 is 0 Å². The molecule has 134 valence electrons. The number of carbonyl (C=O) groups excluding carboxylic acids is 1. The van der Waals surface area contributed by atoms with Gasteiger partial charge in [-0.3, -0.25) is 4.79 Å². The van der Waals surface area contributed by atoms with Crippen LogP contribution in [0.4, 0.5) is 0 Å². The van der Waals surface area contributed by atoms with Gasteiger partial charge in [0, 0.05) is 13.6 Å². The third-order valence-electron chi connectivity index (χ3n) is 3.67. The van der Waals surface area contributed by atoms with Crippen LogP contribution in [0, 0.1) is 0 Å². The van der Waals surface area contributed by atoms with Crippen molar-refractivity contribution in [3.05, 3.63) is 58.6 Å². The fourth-order valence-corrected chi connectivity index (χ4v) is 3.19. The number of halogens is 1. The molecular formula is C17H19ClN2O4S. The molecule has 0 aliphatic carbocycles. The summed E-state index contributed by atoms with van der Waals surface area (Å²) in [5.74, 6) is 0.361. The van der Waals surface area contributed by atoms with E-state index >= 15 is 0 Å². The van der Waals surface area contributed by atoms with Crippen molar-refractivity contribution >= 4 is 27.5 Å². The van der Waals surface area contributed by atoms with Crippen LogP contribution in [0.2, 0.25) is 5.02 Å². The van der Waals surface area contributed by atoms with E-state index < -0.39 is 10.0 Å². The second-order valence-electron chi connectivity index (χ2n) is 5.36. The quantitative estimate of drug-likeness (QED) is 0.833. The molecule has 0 aliphatic heterocycles. The highest BCUT2D eigenvalue weighted by atomic mass is 35.5. The molecule has 0 saturated carbocycles. The van der Waals surface area contributed by atoms with Gasteiger partial charge in [-0.25, -0.2) is 13.1 Å². The second-order valence-corrected chi connectivity index (χ2v) is 7.65. The van der Waals surface area contributed by atoms with Crippen molar-refractivity contribution < 1.29 is 17.9 Å². The summed E-state index contributed by atoms with van der Waals surface area (Å²) in [6, 6.07) is 11.4. The first-order chi connectivity index (χ1) is 11.8. The zero-order valence-corrected chi connectivity index (χ0v) is 15.7. The molecule has 0 aliphatic rings. The summed E-state index contributed by atoms with van der Waals surface area (Å²) in [7, 11) is 0.860. The van der Waals surface area contributed by atoms with Crippen LogP contribution < -0.4 is 9.46 Å². The van der Waals surface area contributed by atoms with Crippen LogP contribution in [0.5, 0.6) is 5.75 Å². The number of carbonyl (C=O) groups is 1. The van der Waals surface area contributed by atoms with Gasteiger partial charge < -0.3 is 9.64 Å². The van der Waals surface area contributed by atoms with Crippen molar-refractivity contribution in [2.75, 3.05) is 21.2 Å². The van der Waals surface area contributed by atoms with Crippen molar-refractivity contribution in [1.29, 1.82) is 0 Å². The number of methoxy groups -OCH3 is 1. The van der Waals surface area contributed by atoms with Crippen LogP contribution in [-0.2, 0) is 16.6 Å². The van der Waals surface area contributed by atoms with Gasteiger partial charge in [-0.15, -0.1) is 0 Å². The number of hydrogen-bond acceptors (Lipinski definition) is 4. The Bertz CT molecular complexity index is 867. The lowest BCUT2D eigenvalue weighted by molar-refractivity contribution is 0.0785. The Labute approximate surface area is 152 Å². The summed E-state index contributed by atoms with van der Waals surface area (Å²) in [4.78, 5) is 14.1. The largest absolute Gasteiger partial charge is 0.497 e. The normalized spacial score (nSPS) is 11.2. The molecule has 0 atom stereocenters. The van der Waals surface area contributed by atoms with E-state index in [1.807, 2.05) is 12.1 Å². The first kappa shape index (κ1) is 19.2. The van der Waals surface area contributed by atoms with Gasteiger partial charge in [0.1, 0.15) is 5.75 Å². The number of nitrogens with zero attached hydrogens (tertiary/aromatic N) is 1. The Hall–Kier alpha value is -2.09. The van der Waals surface area contributed by atoms with E-state index in [4.69, 9.17) is 16.3 Å². The lowest BCUT2D eigenvalue weighted by Gasteiger charge is -2.19. The van der Waals surface area contributed by atoms with Gasteiger partial charge in [0.05, 0.1) is 22.6 Å². The molecule has 0 bridgehead atoms. The van der Waals surface area contributed by atoms with Crippen LogP contribution in [0.25, 0.3) is 0 Å². The maximum absolute atomic E-state index is 12.7. The minimum absolute atomic E-state index is 0.0133. The number of nitrogens with one attached hydrogen (secondary N) is 1. The fraction of sp³-hybridized carbons (Fsp3) is 0.235. The van der Waals surface area contributed by atoms with Crippen LogP contribution >= 0.6 is 11.6 Å². The summed E-state index contributed by atoms with van der Waals surface area (Å²) in [6.45, 7) is 0.349. The molecular weight excluding hydrogens is 364 g/mol. The summed E-state index contributed by atoms with van der Waals surface area (Å²) in [6.07, 6.45) is 0. The smallest absolute Gasteiger partial charge is 0.255 e. The highest BCUT2D eigenvalue weighted by Gasteiger charge is 2.20. The predicted octanol–water partition coefficient (Wildman–Crippen LogP) is 2.53. The zero-order chi connectivity index (χ0) is 18.6. The molecule has 0 radical (unpaired) electrons. The fourth-order valence-electron chi connectivity index (χ4n) is 2.24. The van der Waals surface area contributed by atoms with Gasteiger partial charge in [0.2, 0.25) is 10.0 Å². The molecule has 1 N–H and O–H groups in total. The molecule has 0 unspecified atom stereocenters. The molecule has 0 fully saturated rings. The standard InChI is InChI=1S/C17H19ClN2O4S/c1-19-25(22,23)14-8-9-16(18)15(10-14)17(21)20(2)11-12-4-6-13(24-3)7-5-12/h4-10,19H,11H2,1-3H3. The Morgan fingerprint density at radius 1 is 1.20 bits per heavy atom. The van der Waals surface area contributed by atoms with Crippen molar-refractivity contribution in [3.8, 4) is 5.75 Å². The van der Waals surface area contributed by atoms with Gasteiger partial charge in [-0.1, -0.05) is 23.7 Å². The predicted molar refractivity (Wildman–Crippen MR) is 96.5 cm³/mol. The topological polar surface area (TPSA) is 75.7 Å². The van der Waals surface area contributed by atoms with E-state index in [2.05, 4.69) is 4.72 Å². The molecule has 1 amide bonds. The highest BCUT2D eigenvalue weighted by Crippen LogP contribution is 2.22. The van der Waals surface area contributed by atoms with E-state index in [1.165, 1.54) is 30.1 Å². The Morgan fingerprint density at radius 3 is 2.40 bits per heavy atom. The molecule has 25 heavy (non-hydrogen) atoms. The summed E-state index contributed by atoms with van der Waals surface area (Å²) < 4.78 is 31.2. The SMILES string of the molecule is CNS(=O)(=O)c1ccc(Cl)c(C(=O)N(C)Cc2ccc(OC)cc2)c1. The van der Waals surface area contributed by atoms with Crippen LogP contribution in [0.15, 0.2) is 47.4 Å². The Kier molecular flexibility index (Phi) is 6.05. The van der Waals surface area contributed by atoms with E-state index in [0.717, 1.165) is 11.3 Å². The summed E-state index contributed by atoms with van der Waals surface area (Å²) in [5, 5.41) is 0.196.